The third kappa shape index (κ3) is 3.84. The molecule has 1 heterocycles. The lowest BCUT2D eigenvalue weighted by Gasteiger charge is -2.15. The van der Waals surface area contributed by atoms with Gasteiger partial charge in [-0.2, -0.15) is 0 Å². The largest absolute Gasteiger partial charge is 0.361 e. The zero-order chi connectivity index (χ0) is 13.5. The van der Waals surface area contributed by atoms with E-state index in [1.165, 1.54) is 42.1 Å². The Bertz CT molecular complexity index is 487. The number of nitrogens with one attached hydrogen (secondary N) is 2. The molecule has 2 rings (SSSR count). The summed E-state index contributed by atoms with van der Waals surface area (Å²) in [5.74, 6) is 0.824. The molecule has 0 aliphatic heterocycles. The zero-order valence-corrected chi connectivity index (χ0v) is 12.2. The average molecular weight is 258 g/mol. The molecule has 19 heavy (non-hydrogen) atoms. The third-order valence-electron chi connectivity index (χ3n) is 3.98. The van der Waals surface area contributed by atoms with Gasteiger partial charge in [-0.3, -0.25) is 0 Å². The molecular weight excluding hydrogens is 232 g/mol. The number of aromatic nitrogens is 1. The van der Waals surface area contributed by atoms with E-state index in [0.717, 1.165) is 19.0 Å². The van der Waals surface area contributed by atoms with Gasteiger partial charge in [0.05, 0.1) is 0 Å². The molecule has 0 radical (unpaired) electrons. The lowest BCUT2D eigenvalue weighted by atomic mass is 9.99. The summed E-state index contributed by atoms with van der Waals surface area (Å²) < 4.78 is 0. The van der Waals surface area contributed by atoms with E-state index in [1.54, 1.807) is 0 Å². The second-order valence-electron chi connectivity index (χ2n) is 5.40. The smallest absolute Gasteiger partial charge is 0.0457 e. The van der Waals surface area contributed by atoms with Gasteiger partial charge in [0.15, 0.2) is 0 Å². The van der Waals surface area contributed by atoms with Gasteiger partial charge in [-0.15, -0.1) is 0 Å². The van der Waals surface area contributed by atoms with Gasteiger partial charge in [0.1, 0.15) is 0 Å². The minimum atomic E-state index is 0.824. The van der Waals surface area contributed by atoms with Crippen molar-refractivity contribution in [3.8, 4) is 0 Å². The summed E-state index contributed by atoms with van der Waals surface area (Å²) in [6, 6.07) is 8.65. The summed E-state index contributed by atoms with van der Waals surface area (Å²) in [5.41, 5.74) is 2.63. The van der Waals surface area contributed by atoms with Gasteiger partial charge in [0, 0.05) is 23.6 Å². The van der Waals surface area contributed by atoms with E-state index in [1.807, 2.05) is 6.20 Å². The maximum absolute atomic E-state index is 3.63. The Labute approximate surface area is 116 Å². The second-order valence-corrected chi connectivity index (χ2v) is 5.40. The summed E-state index contributed by atoms with van der Waals surface area (Å²) in [4.78, 5) is 3.27. The molecule has 0 spiro atoms. The number of hydrogen-bond donors (Lipinski definition) is 2. The van der Waals surface area contributed by atoms with Crippen molar-refractivity contribution in [1.82, 2.24) is 10.3 Å². The topological polar surface area (TPSA) is 27.8 Å². The summed E-state index contributed by atoms with van der Waals surface area (Å²) in [7, 11) is 0. The molecule has 0 saturated heterocycles. The molecule has 1 atom stereocenters. The molecule has 0 amide bonds. The number of fused-ring (bicyclic) bond motifs is 1. The first kappa shape index (κ1) is 14.1. The zero-order valence-electron chi connectivity index (χ0n) is 12.2. The summed E-state index contributed by atoms with van der Waals surface area (Å²) in [5, 5.41) is 4.97. The molecule has 2 N–H and O–H groups in total. The van der Waals surface area contributed by atoms with Gasteiger partial charge in [0.2, 0.25) is 0 Å². The van der Waals surface area contributed by atoms with E-state index < -0.39 is 0 Å². The first-order valence-electron chi connectivity index (χ1n) is 7.60. The fourth-order valence-electron chi connectivity index (χ4n) is 2.66. The Morgan fingerprint density at radius 1 is 1.21 bits per heavy atom. The maximum atomic E-state index is 3.63. The molecule has 0 fully saturated rings. The predicted molar refractivity (Wildman–Crippen MR) is 83.3 cm³/mol. The minimum Gasteiger partial charge on any atom is -0.361 e. The van der Waals surface area contributed by atoms with Crippen LogP contribution in [-0.4, -0.2) is 11.5 Å². The molecule has 1 aromatic heterocycles. The van der Waals surface area contributed by atoms with E-state index >= 15 is 0 Å². The van der Waals surface area contributed by atoms with Crippen LogP contribution in [0.25, 0.3) is 10.9 Å². The van der Waals surface area contributed by atoms with E-state index in [4.69, 9.17) is 0 Å². The first-order valence-corrected chi connectivity index (χ1v) is 7.60. The molecule has 1 aromatic carbocycles. The summed E-state index contributed by atoms with van der Waals surface area (Å²) in [6.07, 6.45) is 7.31. The van der Waals surface area contributed by atoms with E-state index in [9.17, 15) is 0 Å². The number of rotatable bonds is 8. The first-order chi connectivity index (χ1) is 9.35. The van der Waals surface area contributed by atoms with E-state index in [0.29, 0.717) is 0 Å². The Morgan fingerprint density at radius 3 is 2.89 bits per heavy atom. The highest BCUT2D eigenvalue weighted by Gasteiger charge is 2.06. The number of H-pyrrole nitrogens is 1. The van der Waals surface area contributed by atoms with Crippen LogP contribution in [0.4, 0.5) is 0 Å². The van der Waals surface area contributed by atoms with Crippen LogP contribution >= 0.6 is 0 Å². The highest BCUT2D eigenvalue weighted by atomic mass is 14.9. The predicted octanol–water partition coefficient (Wildman–Crippen LogP) is 4.47. The normalized spacial score (nSPS) is 12.9. The molecular formula is C17H26N2. The van der Waals surface area contributed by atoms with Crippen LogP contribution in [0.2, 0.25) is 0 Å². The van der Waals surface area contributed by atoms with Gasteiger partial charge in [-0.1, -0.05) is 45.2 Å². The summed E-state index contributed by atoms with van der Waals surface area (Å²) >= 11 is 0. The molecule has 2 aromatic rings. The van der Waals surface area contributed by atoms with Crippen LogP contribution < -0.4 is 5.32 Å². The lowest BCUT2D eigenvalue weighted by molar-refractivity contribution is 0.419. The molecule has 0 bridgehead atoms. The Balaban J connectivity index is 1.86. The monoisotopic (exact) mass is 258 g/mol. The molecule has 0 aliphatic rings. The standard InChI is InChI=1S/C17H26N2/c1-3-5-7-14(4-2)12-18-13-15-8-6-9-17-16(15)10-11-19-17/h6,8-11,14,18-19H,3-5,7,12-13H2,1-2H3. The minimum absolute atomic E-state index is 0.824. The Kier molecular flexibility index (Phi) is 5.46. The molecule has 104 valence electrons. The van der Waals surface area contributed by atoms with Crippen LogP contribution in [0.5, 0.6) is 0 Å². The van der Waals surface area contributed by atoms with Crippen LogP contribution in [0.3, 0.4) is 0 Å². The fraction of sp³-hybridized carbons (Fsp3) is 0.529. The molecule has 1 unspecified atom stereocenters. The van der Waals surface area contributed by atoms with Crippen LogP contribution in [0.15, 0.2) is 30.5 Å². The highest BCUT2D eigenvalue weighted by molar-refractivity contribution is 5.82. The maximum Gasteiger partial charge on any atom is 0.0457 e. The van der Waals surface area contributed by atoms with Crippen molar-refractivity contribution in [1.29, 1.82) is 0 Å². The molecule has 2 heteroatoms. The number of aromatic amines is 1. The van der Waals surface area contributed by atoms with Crippen molar-refractivity contribution in [2.45, 2.75) is 46.1 Å². The lowest BCUT2D eigenvalue weighted by Crippen LogP contribution is -2.22. The van der Waals surface area contributed by atoms with Crippen LogP contribution in [-0.2, 0) is 6.54 Å². The Morgan fingerprint density at radius 2 is 2.11 bits per heavy atom. The molecule has 0 saturated carbocycles. The van der Waals surface area contributed by atoms with Crippen molar-refractivity contribution in [3.63, 3.8) is 0 Å². The van der Waals surface area contributed by atoms with E-state index in [2.05, 4.69) is 48.4 Å². The number of benzene rings is 1. The fourth-order valence-corrected chi connectivity index (χ4v) is 2.66. The van der Waals surface area contributed by atoms with Crippen molar-refractivity contribution >= 4 is 10.9 Å². The van der Waals surface area contributed by atoms with Gasteiger partial charge in [-0.05, 0) is 36.6 Å². The number of hydrogen-bond acceptors (Lipinski definition) is 1. The highest BCUT2D eigenvalue weighted by Crippen LogP contribution is 2.17. The van der Waals surface area contributed by atoms with E-state index in [-0.39, 0.29) is 0 Å². The van der Waals surface area contributed by atoms with Gasteiger partial charge in [0.25, 0.3) is 0 Å². The van der Waals surface area contributed by atoms with Gasteiger partial charge < -0.3 is 10.3 Å². The third-order valence-corrected chi connectivity index (χ3v) is 3.98. The van der Waals surface area contributed by atoms with Crippen LogP contribution in [0, 0.1) is 5.92 Å². The molecule has 0 aliphatic carbocycles. The quantitative estimate of drug-likeness (QED) is 0.718. The summed E-state index contributed by atoms with van der Waals surface area (Å²) in [6.45, 7) is 6.68. The SMILES string of the molecule is CCCCC(CC)CNCc1cccc2[nH]ccc12. The number of unbranched alkanes of at least 4 members (excludes halogenated alkanes) is 1. The van der Waals surface area contributed by atoms with Gasteiger partial charge >= 0.3 is 0 Å². The van der Waals surface area contributed by atoms with Crippen LogP contribution in [0.1, 0.15) is 45.1 Å². The van der Waals surface area contributed by atoms with Crippen molar-refractivity contribution in [3.05, 3.63) is 36.0 Å². The molecule has 2 nitrogen and oxygen atoms in total. The van der Waals surface area contributed by atoms with Crippen molar-refractivity contribution in [2.24, 2.45) is 5.92 Å². The van der Waals surface area contributed by atoms with Gasteiger partial charge in [-0.25, -0.2) is 0 Å². The average Bonchev–Trinajstić information content (AvgIpc) is 2.91. The second kappa shape index (κ2) is 7.34. The van der Waals surface area contributed by atoms with Crippen molar-refractivity contribution < 1.29 is 0 Å². The Hall–Kier alpha value is -1.28. The van der Waals surface area contributed by atoms with Crippen molar-refractivity contribution in [2.75, 3.05) is 6.54 Å².